The Bertz CT molecular complexity index is 672. The van der Waals surface area contributed by atoms with E-state index in [9.17, 15) is 9.59 Å². The number of amides is 1. The highest BCUT2D eigenvalue weighted by Gasteiger charge is 2.36. The molecule has 0 radical (unpaired) electrons. The summed E-state index contributed by atoms with van der Waals surface area (Å²) >= 11 is 0. The van der Waals surface area contributed by atoms with E-state index in [0.29, 0.717) is 19.8 Å². The second kappa shape index (κ2) is 10.6. The van der Waals surface area contributed by atoms with Crippen LogP contribution in [0.15, 0.2) is 24.3 Å². The van der Waals surface area contributed by atoms with E-state index < -0.39 is 0 Å². The molecule has 1 aromatic carbocycles. The molecule has 1 saturated heterocycles. The van der Waals surface area contributed by atoms with Gasteiger partial charge in [-0.1, -0.05) is 25.0 Å². The molecule has 29 heavy (non-hydrogen) atoms. The number of morpholine rings is 1. The average Bonchev–Trinajstić information content (AvgIpc) is 2.79. The van der Waals surface area contributed by atoms with Gasteiger partial charge in [-0.05, 0) is 30.5 Å². The topological polar surface area (TPSA) is 77.1 Å². The van der Waals surface area contributed by atoms with Crippen molar-refractivity contribution in [3.8, 4) is 5.75 Å². The highest BCUT2D eigenvalue weighted by Crippen LogP contribution is 2.31. The minimum absolute atomic E-state index is 0.0492. The van der Waals surface area contributed by atoms with Crippen molar-refractivity contribution in [2.45, 2.75) is 31.7 Å². The summed E-state index contributed by atoms with van der Waals surface area (Å²) in [5, 5.41) is 3.13. The van der Waals surface area contributed by atoms with Crippen molar-refractivity contribution in [2.75, 3.05) is 47.1 Å². The van der Waals surface area contributed by atoms with Crippen LogP contribution in [0.1, 0.15) is 37.3 Å². The first-order valence-corrected chi connectivity index (χ1v) is 10.5. The van der Waals surface area contributed by atoms with E-state index in [1.807, 2.05) is 24.3 Å². The van der Waals surface area contributed by atoms with Crippen molar-refractivity contribution in [1.29, 1.82) is 0 Å². The molecule has 1 amide bonds. The normalized spacial score (nSPS) is 23.8. The average molecular weight is 405 g/mol. The SMILES string of the molecule is COC(=O)[C@@H]1CCCC[C@@H]1C(=O)NC[C@@H](c1ccc(OC)cc1)N1CCOCC1. The Hall–Kier alpha value is -2.12. The minimum Gasteiger partial charge on any atom is -0.497 e. The fraction of sp³-hybridized carbons (Fsp3) is 0.636. The first kappa shape index (κ1) is 21.6. The number of carbonyl (C=O) groups excluding carboxylic acids is 2. The Balaban J connectivity index is 1.69. The van der Waals surface area contributed by atoms with Gasteiger partial charge in [-0.15, -0.1) is 0 Å². The molecule has 0 unspecified atom stereocenters. The van der Waals surface area contributed by atoms with Gasteiger partial charge in [-0.3, -0.25) is 14.5 Å². The maximum Gasteiger partial charge on any atom is 0.309 e. The first-order valence-electron chi connectivity index (χ1n) is 10.5. The molecular formula is C22H32N2O5. The van der Waals surface area contributed by atoms with E-state index in [1.54, 1.807) is 7.11 Å². The first-order chi connectivity index (χ1) is 14.1. The van der Waals surface area contributed by atoms with Crippen LogP contribution in [0.3, 0.4) is 0 Å². The van der Waals surface area contributed by atoms with Gasteiger partial charge in [0.2, 0.25) is 5.91 Å². The van der Waals surface area contributed by atoms with Gasteiger partial charge in [-0.2, -0.15) is 0 Å². The molecule has 2 fully saturated rings. The Morgan fingerprint density at radius 1 is 1.10 bits per heavy atom. The summed E-state index contributed by atoms with van der Waals surface area (Å²) in [6.07, 6.45) is 3.38. The van der Waals surface area contributed by atoms with Crippen LogP contribution in [0.4, 0.5) is 0 Å². The van der Waals surface area contributed by atoms with Crippen molar-refractivity contribution in [2.24, 2.45) is 11.8 Å². The summed E-state index contributed by atoms with van der Waals surface area (Å²) < 4.78 is 15.7. The number of nitrogens with one attached hydrogen (secondary N) is 1. The van der Waals surface area contributed by atoms with E-state index in [4.69, 9.17) is 14.2 Å². The molecule has 7 nitrogen and oxygen atoms in total. The monoisotopic (exact) mass is 404 g/mol. The predicted molar refractivity (Wildman–Crippen MR) is 109 cm³/mol. The van der Waals surface area contributed by atoms with Crippen molar-refractivity contribution in [3.63, 3.8) is 0 Å². The number of ether oxygens (including phenoxy) is 3. The van der Waals surface area contributed by atoms with Gasteiger partial charge in [0.25, 0.3) is 0 Å². The lowest BCUT2D eigenvalue weighted by Crippen LogP contribution is -2.46. The van der Waals surface area contributed by atoms with E-state index in [-0.39, 0.29) is 29.8 Å². The predicted octanol–water partition coefficient (Wildman–Crippen LogP) is 2.16. The third-order valence-corrected chi connectivity index (χ3v) is 6.06. The van der Waals surface area contributed by atoms with Crippen molar-refractivity contribution in [3.05, 3.63) is 29.8 Å². The lowest BCUT2D eigenvalue weighted by molar-refractivity contribution is -0.152. The summed E-state index contributed by atoms with van der Waals surface area (Å²) in [7, 11) is 3.04. The minimum atomic E-state index is -0.337. The third-order valence-electron chi connectivity index (χ3n) is 6.06. The van der Waals surface area contributed by atoms with E-state index in [0.717, 1.165) is 50.1 Å². The maximum atomic E-state index is 13.0. The largest absolute Gasteiger partial charge is 0.497 e. The number of methoxy groups -OCH3 is 2. The van der Waals surface area contributed by atoms with Gasteiger partial charge >= 0.3 is 5.97 Å². The molecular weight excluding hydrogens is 372 g/mol. The lowest BCUT2D eigenvalue weighted by Gasteiger charge is -2.35. The quantitative estimate of drug-likeness (QED) is 0.702. The van der Waals surface area contributed by atoms with Crippen molar-refractivity contribution in [1.82, 2.24) is 10.2 Å². The number of carbonyl (C=O) groups is 2. The smallest absolute Gasteiger partial charge is 0.309 e. The second-order valence-electron chi connectivity index (χ2n) is 7.70. The third kappa shape index (κ3) is 5.48. The Labute approximate surface area is 172 Å². The van der Waals surface area contributed by atoms with E-state index in [1.165, 1.54) is 7.11 Å². The summed E-state index contributed by atoms with van der Waals surface area (Å²) in [6.45, 7) is 3.51. The molecule has 1 aliphatic heterocycles. The van der Waals surface area contributed by atoms with Crippen LogP contribution in [0.5, 0.6) is 5.75 Å². The van der Waals surface area contributed by atoms with Gasteiger partial charge in [0.1, 0.15) is 5.75 Å². The second-order valence-corrected chi connectivity index (χ2v) is 7.70. The van der Waals surface area contributed by atoms with Crippen LogP contribution in [-0.4, -0.2) is 63.8 Å². The van der Waals surface area contributed by atoms with Crippen LogP contribution in [0.25, 0.3) is 0 Å². The number of benzene rings is 1. The maximum absolute atomic E-state index is 13.0. The molecule has 3 rings (SSSR count). The molecule has 160 valence electrons. The molecule has 3 atom stereocenters. The summed E-state index contributed by atoms with van der Waals surface area (Å²) in [5.74, 6) is -0.160. The molecule has 7 heteroatoms. The Kier molecular flexibility index (Phi) is 7.89. The molecule has 1 N–H and O–H groups in total. The van der Waals surface area contributed by atoms with Gasteiger partial charge in [0, 0.05) is 19.6 Å². The van der Waals surface area contributed by atoms with Gasteiger partial charge in [-0.25, -0.2) is 0 Å². The summed E-state index contributed by atoms with van der Waals surface area (Å²) in [6, 6.07) is 8.03. The van der Waals surface area contributed by atoms with Crippen molar-refractivity contribution >= 4 is 11.9 Å². The number of rotatable bonds is 7. The number of hydrogen-bond acceptors (Lipinski definition) is 6. The van der Waals surface area contributed by atoms with Crippen LogP contribution in [0, 0.1) is 11.8 Å². The van der Waals surface area contributed by atoms with Crippen LogP contribution < -0.4 is 10.1 Å². The van der Waals surface area contributed by atoms with Crippen LogP contribution in [-0.2, 0) is 19.1 Å². The molecule has 1 aliphatic carbocycles. The molecule has 1 saturated carbocycles. The molecule has 0 aromatic heterocycles. The zero-order chi connectivity index (χ0) is 20.6. The molecule has 0 bridgehead atoms. The fourth-order valence-corrected chi connectivity index (χ4v) is 4.38. The van der Waals surface area contributed by atoms with Crippen LogP contribution >= 0.6 is 0 Å². The number of esters is 1. The van der Waals surface area contributed by atoms with E-state index >= 15 is 0 Å². The molecule has 0 spiro atoms. The Morgan fingerprint density at radius 3 is 2.38 bits per heavy atom. The van der Waals surface area contributed by atoms with Gasteiger partial charge in [0.15, 0.2) is 0 Å². The number of nitrogens with zero attached hydrogens (tertiary/aromatic N) is 1. The summed E-state index contributed by atoms with van der Waals surface area (Å²) in [5.41, 5.74) is 1.13. The molecule has 1 heterocycles. The van der Waals surface area contributed by atoms with Crippen LogP contribution in [0.2, 0.25) is 0 Å². The molecule has 1 aromatic rings. The van der Waals surface area contributed by atoms with E-state index in [2.05, 4.69) is 10.2 Å². The van der Waals surface area contributed by atoms with Gasteiger partial charge in [0.05, 0.1) is 45.3 Å². The van der Waals surface area contributed by atoms with Crippen molar-refractivity contribution < 1.29 is 23.8 Å². The zero-order valence-electron chi connectivity index (χ0n) is 17.4. The summed E-state index contributed by atoms with van der Waals surface area (Å²) in [4.78, 5) is 27.4. The molecule has 2 aliphatic rings. The van der Waals surface area contributed by atoms with Gasteiger partial charge < -0.3 is 19.5 Å². The Morgan fingerprint density at radius 2 is 1.76 bits per heavy atom. The highest BCUT2D eigenvalue weighted by atomic mass is 16.5. The standard InChI is InChI=1S/C22H32N2O5/c1-27-17-9-7-16(8-10-17)20(24-11-13-29-14-12-24)15-23-21(25)18-5-3-4-6-19(18)22(26)28-2/h7-10,18-20H,3-6,11-15H2,1-2H3,(H,23,25)/t18-,19+,20-/m0/s1. The zero-order valence-corrected chi connectivity index (χ0v) is 17.4. The highest BCUT2D eigenvalue weighted by molar-refractivity contribution is 5.85. The lowest BCUT2D eigenvalue weighted by atomic mass is 9.78. The number of hydrogen-bond donors (Lipinski definition) is 1. The fourth-order valence-electron chi connectivity index (χ4n) is 4.38.